The summed E-state index contributed by atoms with van der Waals surface area (Å²) in [6.45, 7) is 3.97. The number of nitriles is 1. The fourth-order valence-corrected chi connectivity index (χ4v) is 4.73. The molecule has 1 atom stereocenters. The van der Waals surface area contributed by atoms with Crippen LogP contribution in [0.4, 0.5) is 0 Å². The summed E-state index contributed by atoms with van der Waals surface area (Å²) in [6.07, 6.45) is 1.09. The van der Waals surface area contributed by atoms with E-state index in [1.807, 2.05) is 11.8 Å². The maximum Gasteiger partial charge on any atom is 0.258 e. The van der Waals surface area contributed by atoms with Crippen molar-refractivity contribution >= 4 is 17.7 Å². The number of hydrogen-bond donors (Lipinski definition) is 1. The zero-order chi connectivity index (χ0) is 17.5. The molecule has 2 fully saturated rings. The molecule has 25 heavy (non-hydrogen) atoms. The highest BCUT2D eigenvalue weighted by molar-refractivity contribution is 7.99. The number of nitrogens with zero attached hydrogens (tertiary/aromatic N) is 2. The van der Waals surface area contributed by atoms with Gasteiger partial charge in [-0.25, -0.2) is 0 Å². The number of thioether (sulfide) groups is 1. The van der Waals surface area contributed by atoms with Gasteiger partial charge in [0.1, 0.15) is 5.75 Å². The number of morpholine rings is 1. The van der Waals surface area contributed by atoms with E-state index in [4.69, 9.17) is 14.7 Å². The van der Waals surface area contributed by atoms with Crippen molar-refractivity contribution in [2.75, 3.05) is 51.0 Å². The molecule has 0 aliphatic carbocycles. The van der Waals surface area contributed by atoms with Gasteiger partial charge in [-0.05, 0) is 30.4 Å². The predicted octanol–water partition coefficient (Wildman–Crippen LogP) is 1.26. The molecule has 2 heterocycles. The largest absolute Gasteiger partial charge is 0.484 e. The monoisotopic (exact) mass is 361 g/mol. The van der Waals surface area contributed by atoms with Gasteiger partial charge in [0.25, 0.3) is 5.91 Å². The maximum absolute atomic E-state index is 12.2. The first-order valence-corrected chi connectivity index (χ1v) is 9.68. The van der Waals surface area contributed by atoms with Crippen LogP contribution < -0.4 is 10.1 Å². The van der Waals surface area contributed by atoms with Crippen LogP contribution in [-0.4, -0.2) is 67.3 Å². The topological polar surface area (TPSA) is 74.6 Å². The molecule has 3 rings (SSSR count). The fraction of sp³-hybridized carbons (Fsp3) is 0.556. The maximum atomic E-state index is 12.2. The molecule has 2 aliphatic heterocycles. The van der Waals surface area contributed by atoms with Gasteiger partial charge in [-0.3, -0.25) is 9.69 Å². The minimum Gasteiger partial charge on any atom is -0.484 e. The standard InChI is InChI=1S/C18H23N3O3S/c19-11-15-2-1-3-16(10-15)24-12-17(22)20-13-18(4-9-25-14-18)21-5-7-23-8-6-21/h1-3,10H,4-9,12-14H2,(H,20,22)/t18-/m1/s1. The fourth-order valence-electron chi connectivity index (χ4n) is 3.25. The normalized spacial score (nSPS) is 23.8. The van der Waals surface area contributed by atoms with Gasteiger partial charge in [0.15, 0.2) is 6.61 Å². The quantitative estimate of drug-likeness (QED) is 0.822. The van der Waals surface area contributed by atoms with Crippen molar-refractivity contribution in [2.24, 2.45) is 0 Å². The van der Waals surface area contributed by atoms with Crippen molar-refractivity contribution < 1.29 is 14.3 Å². The van der Waals surface area contributed by atoms with Gasteiger partial charge in [0.05, 0.1) is 24.8 Å². The molecule has 1 N–H and O–H groups in total. The Hall–Kier alpha value is -1.75. The molecule has 2 aliphatic rings. The number of nitrogens with one attached hydrogen (secondary N) is 1. The lowest BCUT2D eigenvalue weighted by Crippen LogP contribution is -2.59. The van der Waals surface area contributed by atoms with Crippen LogP contribution in [0.2, 0.25) is 0 Å². The van der Waals surface area contributed by atoms with E-state index in [9.17, 15) is 4.79 Å². The number of carbonyl (C=O) groups is 1. The van der Waals surface area contributed by atoms with Crippen LogP contribution in [0.3, 0.4) is 0 Å². The summed E-state index contributed by atoms with van der Waals surface area (Å²) in [5.41, 5.74) is 0.553. The predicted molar refractivity (Wildman–Crippen MR) is 96.7 cm³/mol. The van der Waals surface area contributed by atoms with Gasteiger partial charge in [-0.1, -0.05) is 6.07 Å². The van der Waals surface area contributed by atoms with Crippen LogP contribution in [0, 0.1) is 11.3 Å². The van der Waals surface area contributed by atoms with Crippen molar-refractivity contribution in [3.63, 3.8) is 0 Å². The van der Waals surface area contributed by atoms with Crippen LogP contribution in [0.1, 0.15) is 12.0 Å². The zero-order valence-corrected chi connectivity index (χ0v) is 15.0. The smallest absolute Gasteiger partial charge is 0.258 e. The zero-order valence-electron chi connectivity index (χ0n) is 14.2. The molecular weight excluding hydrogens is 338 g/mol. The Kier molecular flexibility index (Phi) is 6.19. The number of carbonyl (C=O) groups excluding carboxylic acids is 1. The number of ether oxygens (including phenoxy) is 2. The second-order valence-electron chi connectivity index (χ2n) is 6.33. The highest BCUT2D eigenvalue weighted by Crippen LogP contribution is 2.33. The summed E-state index contributed by atoms with van der Waals surface area (Å²) < 4.78 is 11.0. The Morgan fingerprint density at radius 2 is 2.28 bits per heavy atom. The molecular formula is C18H23N3O3S. The number of hydrogen-bond acceptors (Lipinski definition) is 6. The summed E-state index contributed by atoms with van der Waals surface area (Å²) in [5, 5.41) is 11.9. The molecule has 7 heteroatoms. The second kappa shape index (κ2) is 8.56. The lowest BCUT2D eigenvalue weighted by Gasteiger charge is -2.43. The van der Waals surface area contributed by atoms with Crippen LogP contribution in [0.15, 0.2) is 24.3 Å². The van der Waals surface area contributed by atoms with Gasteiger partial charge in [-0.2, -0.15) is 17.0 Å². The third-order valence-corrected chi connectivity index (χ3v) is 5.95. The molecule has 6 nitrogen and oxygen atoms in total. The van der Waals surface area contributed by atoms with E-state index in [2.05, 4.69) is 16.3 Å². The van der Waals surface area contributed by atoms with Crippen molar-refractivity contribution in [1.82, 2.24) is 10.2 Å². The minimum atomic E-state index is -0.133. The SMILES string of the molecule is N#Cc1cccc(OCC(=O)NC[C@]2(N3CCOCC3)CCSC2)c1. The van der Waals surface area contributed by atoms with Crippen molar-refractivity contribution in [1.29, 1.82) is 5.26 Å². The molecule has 0 unspecified atom stereocenters. The number of amides is 1. The summed E-state index contributed by atoms with van der Waals surface area (Å²) >= 11 is 1.95. The average Bonchev–Trinajstić information content (AvgIpc) is 3.16. The van der Waals surface area contributed by atoms with Gasteiger partial charge in [0, 0.05) is 30.9 Å². The first-order valence-electron chi connectivity index (χ1n) is 8.52. The highest BCUT2D eigenvalue weighted by Gasteiger charge is 2.40. The molecule has 134 valence electrons. The van der Waals surface area contributed by atoms with Crippen LogP contribution in [0.5, 0.6) is 5.75 Å². The molecule has 0 bridgehead atoms. The van der Waals surface area contributed by atoms with Crippen LogP contribution in [0.25, 0.3) is 0 Å². The number of rotatable bonds is 6. The lowest BCUT2D eigenvalue weighted by atomic mass is 9.95. The summed E-state index contributed by atoms with van der Waals surface area (Å²) in [4.78, 5) is 14.7. The average molecular weight is 361 g/mol. The molecule has 0 saturated carbocycles. The van der Waals surface area contributed by atoms with E-state index < -0.39 is 0 Å². The molecule has 1 aromatic carbocycles. The van der Waals surface area contributed by atoms with Crippen LogP contribution in [-0.2, 0) is 9.53 Å². The summed E-state index contributed by atoms with van der Waals surface area (Å²) in [6, 6.07) is 8.89. The van der Waals surface area contributed by atoms with Crippen LogP contribution >= 0.6 is 11.8 Å². The Labute approximate surface area is 152 Å². The third kappa shape index (κ3) is 4.66. The van der Waals surface area contributed by atoms with Crippen molar-refractivity contribution in [2.45, 2.75) is 12.0 Å². The highest BCUT2D eigenvalue weighted by atomic mass is 32.2. The van der Waals surface area contributed by atoms with E-state index in [-0.39, 0.29) is 18.1 Å². The molecule has 0 radical (unpaired) electrons. The van der Waals surface area contributed by atoms with E-state index in [1.165, 1.54) is 0 Å². The van der Waals surface area contributed by atoms with Crippen molar-refractivity contribution in [3.8, 4) is 11.8 Å². The van der Waals surface area contributed by atoms with Gasteiger partial charge in [0.2, 0.25) is 0 Å². The molecule has 1 aromatic rings. The third-order valence-electron chi connectivity index (χ3n) is 4.71. The second-order valence-corrected chi connectivity index (χ2v) is 7.44. The minimum absolute atomic E-state index is 0.0326. The van der Waals surface area contributed by atoms with E-state index in [0.717, 1.165) is 44.2 Å². The summed E-state index contributed by atoms with van der Waals surface area (Å²) in [5.74, 6) is 2.57. The molecule has 2 saturated heterocycles. The Morgan fingerprint density at radius 3 is 3.00 bits per heavy atom. The van der Waals surface area contributed by atoms with Gasteiger partial charge >= 0.3 is 0 Å². The Balaban J connectivity index is 1.50. The Morgan fingerprint density at radius 1 is 1.44 bits per heavy atom. The lowest BCUT2D eigenvalue weighted by molar-refractivity contribution is -0.123. The van der Waals surface area contributed by atoms with Crippen molar-refractivity contribution in [3.05, 3.63) is 29.8 Å². The molecule has 0 aromatic heterocycles. The summed E-state index contributed by atoms with van der Waals surface area (Å²) in [7, 11) is 0. The molecule has 1 amide bonds. The Bertz CT molecular complexity index is 635. The van der Waals surface area contributed by atoms with E-state index in [0.29, 0.717) is 17.9 Å². The van der Waals surface area contributed by atoms with E-state index in [1.54, 1.807) is 24.3 Å². The number of benzene rings is 1. The van der Waals surface area contributed by atoms with Gasteiger partial charge < -0.3 is 14.8 Å². The first kappa shape index (κ1) is 18.1. The van der Waals surface area contributed by atoms with E-state index >= 15 is 0 Å². The van der Waals surface area contributed by atoms with Gasteiger partial charge in [-0.15, -0.1) is 0 Å². The molecule has 0 spiro atoms. The first-order chi connectivity index (χ1) is 12.2.